The highest BCUT2D eigenvalue weighted by molar-refractivity contribution is 6.01. The van der Waals surface area contributed by atoms with Crippen molar-refractivity contribution in [2.24, 2.45) is 0 Å². The lowest BCUT2D eigenvalue weighted by molar-refractivity contribution is 0.0566. The first kappa shape index (κ1) is 17.5. The summed E-state index contributed by atoms with van der Waals surface area (Å²) in [6, 6.07) is 2.97. The van der Waals surface area contributed by atoms with Crippen LogP contribution in [-0.4, -0.2) is 65.5 Å². The van der Waals surface area contributed by atoms with Crippen molar-refractivity contribution >= 4 is 23.9 Å². The molecular formula is C16H18N4O6. The summed E-state index contributed by atoms with van der Waals surface area (Å²) in [4.78, 5) is 43.1. The van der Waals surface area contributed by atoms with Crippen LogP contribution in [-0.2, 0) is 4.74 Å². The van der Waals surface area contributed by atoms with Gasteiger partial charge in [0, 0.05) is 26.2 Å². The molecule has 0 unspecified atom stereocenters. The van der Waals surface area contributed by atoms with E-state index in [1.54, 1.807) is 22.8 Å². The zero-order chi connectivity index (χ0) is 18.5. The highest BCUT2D eigenvalue weighted by atomic mass is 16.6. The first-order valence-electron chi connectivity index (χ1n) is 8.10. The lowest BCUT2D eigenvalue weighted by atomic mass is 10.3. The van der Waals surface area contributed by atoms with Gasteiger partial charge in [-0.25, -0.2) is 4.79 Å². The van der Waals surface area contributed by atoms with Crippen LogP contribution >= 0.6 is 0 Å². The first-order chi connectivity index (χ1) is 12.6. The Hall–Kier alpha value is -3.30. The molecule has 26 heavy (non-hydrogen) atoms. The zero-order valence-corrected chi connectivity index (χ0v) is 14.1. The highest BCUT2D eigenvalue weighted by Gasteiger charge is 2.27. The third-order valence-electron chi connectivity index (χ3n) is 3.78. The molecule has 2 aromatic heterocycles. The number of nitrogens with one attached hydrogen (secondary N) is 1. The molecule has 0 bridgehead atoms. The van der Waals surface area contributed by atoms with Crippen molar-refractivity contribution in [3.05, 3.63) is 36.1 Å². The van der Waals surface area contributed by atoms with Crippen LogP contribution in [0.3, 0.4) is 0 Å². The molecule has 0 aliphatic carbocycles. The average Bonchev–Trinajstić information content (AvgIpc) is 3.33. The van der Waals surface area contributed by atoms with Gasteiger partial charge in [0.1, 0.15) is 6.26 Å². The maximum atomic E-state index is 12.5. The maximum Gasteiger partial charge on any atom is 0.409 e. The molecule has 0 radical (unpaired) electrons. The predicted octanol–water partition coefficient (Wildman–Crippen LogP) is 1.43. The zero-order valence-electron chi connectivity index (χ0n) is 14.1. The van der Waals surface area contributed by atoms with Crippen molar-refractivity contribution in [3.63, 3.8) is 0 Å². The van der Waals surface area contributed by atoms with Gasteiger partial charge in [0.25, 0.3) is 11.8 Å². The van der Waals surface area contributed by atoms with Crippen LogP contribution in [0.5, 0.6) is 0 Å². The Kier molecular flexibility index (Phi) is 5.20. The van der Waals surface area contributed by atoms with Crippen LogP contribution in [0.2, 0.25) is 0 Å². The van der Waals surface area contributed by atoms with E-state index in [9.17, 15) is 14.4 Å². The van der Waals surface area contributed by atoms with E-state index in [-0.39, 0.29) is 29.5 Å². The van der Waals surface area contributed by atoms with Crippen LogP contribution in [0.4, 0.5) is 10.8 Å². The molecule has 0 spiro atoms. The normalized spacial score (nSPS) is 14.2. The molecule has 3 rings (SSSR count). The smallest absolute Gasteiger partial charge is 0.409 e. The van der Waals surface area contributed by atoms with Crippen molar-refractivity contribution in [2.45, 2.75) is 6.92 Å². The molecule has 10 nitrogen and oxygen atoms in total. The third kappa shape index (κ3) is 3.85. The van der Waals surface area contributed by atoms with Crippen LogP contribution in [0, 0.1) is 0 Å². The predicted molar refractivity (Wildman–Crippen MR) is 87.7 cm³/mol. The molecule has 1 N–H and O–H groups in total. The molecule has 1 saturated heterocycles. The minimum Gasteiger partial charge on any atom is -0.459 e. The molecule has 3 heterocycles. The van der Waals surface area contributed by atoms with Crippen LogP contribution in [0.25, 0.3) is 0 Å². The minimum absolute atomic E-state index is 0.0735. The number of oxazole rings is 1. The van der Waals surface area contributed by atoms with Gasteiger partial charge < -0.3 is 23.4 Å². The Bertz CT molecular complexity index is 777. The standard InChI is InChI=1S/C16H18N4O6/c1-2-24-16(23)20-7-5-19(6-8-20)14(22)11-10-26-15(17-11)18-13(21)12-4-3-9-25-12/h3-4,9-10H,2,5-8H2,1H3,(H,17,18,21). The molecule has 1 fully saturated rings. The molecule has 0 aromatic carbocycles. The number of hydrogen-bond donors (Lipinski definition) is 1. The lowest BCUT2D eigenvalue weighted by Crippen LogP contribution is -2.50. The van der Waals surface area contributed by atoms with Gasteiger partial charge in [0.2, 0.25) is 0 Å². The van der Waals surface area contributed by atoms with Crippen molar-refractivity contribution in [1.82, 2.24) is 14.8 Å². The van der Waals surface area contributed by atoms with Gasteiger partial charge in [0.15, 0.2) is 11.5 Å². The summed E-state index contributed by atoms with van der Waals surface area (Å²) < 4.78 is 15.0. The van der Waals surface area contributed by atoms with E-state index in [0.717, 1.165) is 0 Å². The molecule has 2 aromatic rings. The number of hydrogen-bond acceptors (Lipinski definition) is 7. The number of piperazine rings is 1. The molecule has 1 aliphatic rings. The lowest BCUT2D eigenvalue weighted by Gasteiger charge is -2.33. The minimum atomic E-state index is -0.529. The van der Waals surface area contributed by atoms with E-state index in [2.05, 4.69) is 10.3 Å². The summed E-state index contributed by atoms with van der Waals surface area (Å²) in [5.41, 5.74) is 0.0735. The summed E-state index contributed by atoms with van der Waals surface area (Å²) >= 11 is 0. The van der Waals surface area contributed by atoms with E-state index in [0.29, 0.717) is 32.8 Å². The van der Waals surface area contributed by atoms with Crippen molar-refractivity contribution < 1.29 is 28.0 Å². The average molecular weight is 362 g/mol. The Morgan fingerprint density at radius 1 is 1.19 bits per heavy atom. The maximum absolute atomic E-state index is 12.5. The summed E-state index contributed by atoms with van der Waals surface area (Å²) in [6.07, 6.45) is 2.16. The molecule has 10 heteroatoms. The fourth-order valence-corrected chi connectivity index (χ4v) is 2.46. The molecule has 0 atom stereocenters. The molecule has 3 amide bonds. The number of furan rings is 1. The van der Waals surface area contributed by atoms with E-state index in [1.165, 1.54) is 18.6 Å². The molecule has 0 saturated carbocycles. The Labute approximate surface area is 148 Å². The molecular weight excluding hydrogens is 344 g/mol. The van der Waals surface area contributed by atoms with Gasteiger partial charge in [-0.3, -0.25) is 14.9 Å². The van der Waals surface area contributed by atoms with Gasteiger partial charge in [-0.2, -0.15) is 4.98 Å². The van der Waals surface area contributed by atoms with E-state index in [1.807, 2.05) is 0 Å². The van der Waals surface area contributed by atoms with Crippen molar-refractivity contribution in [1.29, 1.82) is 0 Å². The van der Waals surface area contributed by atoms with Crippen LogP contribution in [0.1, 0.15) is 28.0 Å². The van der Waals surface area contributed by atoms with Crippen LogP contribution < -0.4 is 5.32 Å². The second-order valence-corrected chi connectivity index (χ2v) is 5.45. The number of ether oxygens (including phenoxy) is 1. The van der Waals surface area contributed by atoms with Crippen molar-refractivity contribution in [2.75, 3.05) is 38.1 Å². The highest BCUT2D eigenvalue weighted by Crippen LogP contribution is 2.13. The monoisotopic (exact) mass is 362 g/mol. The van der Waals surface area contributed by atoms with E-state index in [4.69, 9.17) is 13.6 Å². The van der Waals surface area contributed by atoms with Gasteiger partial charge in [-0.15, -0.1) is 0 Å². The Morgan fingerprint density at radius 2 is 1.92 bits per heavy atom. The summed E-state index contributed by atoms with van der Waals surface area (Å²) in [5.74, 6) is -0.763. The fourth-order valence-electron chi connectivity index (χ4n) is 2.46. The fraction of sp³-hybridized carbons (Fsp3) is 0.375. The number of anilines is 1. The van der Waals surface area contributed by atoms with Gasteiger partial charge in [-0.05, 0) is 19.1 Å². The number of rotatable bonds is 4. The molecule has 138 valence electrons. The quantitative estimate of drug-likeness (QED) is 0.874. The number of aromatic nitrogens is 1. The number of nitrogens with zero attached hydrogens (tertiary/aromatic N) is 3. The largest absolute Gasteiger partial charge is 0.459 e. The van der Waals surface area contributed by atoms with Gasteiger partial charge in [-0.1, -0.05) is 0 Å². The second kappa shape index (κ2) is 7.72. The molecule has 1 aliphatic heterocycles. The number of carbonyl (C=O) groups is 3. The summed E-state index contributed by atoms with van der Waals surface area (Å²) in [6.45, 7) is 3.53. The number of carbonyl (C=O) groups excluding carboxylic acids is 3. The summed E-state index contributed by atoms with van der Waals surface area (Å²) in [7, 11) is 0. The summed E-state index contributed by atoms with van der Waals surface area (Å²) in [5, 5.41) is 2.41. The van der Waals surface area contributed by atoms with Gasteiger partial charge in [0.05, 0.1) is 12.9 Å². The Balaban J connectivity index is 1.55. The second-order valence-electron chi connectivity index (χ2n) is 5.45. The van der Waals surface area contributed by atoms with Crippen molar-refractivity contribution in [3.8, 4) is 0 Å². The topological polar surface area (TPSA) is 118 Å². The number of amides is 3. The van der Waals surface area contributed by atoms with E-state index >= 15 is 0 Å². The third-order valence-corrected chi connectivity index (χ3v) is 3.78. The Morgan fingerprint density at radius 3 is 2.58 bits per heavy atom. The van der Waals surface area contributed by atoms with Crippen LogP contribution in [0.15, 0.2) is 33.5 Å². The van der Waals surface area contributed by atoms with Gasteiger partial charge >= 0.3 is 12.1 Å². The SMILES string of the molecule is CCOC(=O)N1CCN(C(=O)c2coc(NC(=O)c3ccco3)n2)CC1. The van der Waals surface area contributed by atoms with E-state index < -0.39 is 5.91 Å². The first-order valence-corrected chi connectivity index (χ1v) is 8.10.